The minimum atomic E-state index is 0.982. The third kappa shape index (κ3) is 19.6. The molecule has 0 radical (unpaired) electrons. The zero-order chi connectivity index (χ0) is 35.6. The monoisotopic (exact) mass is 707 g/mol. The highest BCUT2D eigenvalue weighted by Crippen LogP contribution is 2.40. The molecular formula is C50H90O. The zero-order valence-corrected chi connectivity index (χ0v) is 34.9. The van der Waals surface area contributed by atoms with Gasteiger partial charge < -0.3 is 4.74 Å². The van der Waals surface area contributed by atoms with Gasteiger partial charge in [-0.3, -0.25) is 0 Å². The molecule has 1 nitrogen and oxygen atoms in total. The van der Waals surface area contributed by atoms with Gasteiger partial charge in [-0.2, -0.15) is 0 Å². The van der Waals surface area contributed by atoms with Crippen molar-refractivity contribution in [3.8, 4) is 0 Å². The van der Waals surface area contributed by atoms with E-state index >= 15 is 0 Å². The van der Waals surface area contributed by atoms with Crippen LogP contribution in [0.2, 0.25) is 0 Å². The van der Waals surface area contributed by atoms with Crippen molar-refractivity contribution in [3.05, 3.63) is 23.3 Å². The van der Waals surface area contributed by atoms with Crippen molar-refractivity contribution in [2.24, 2.45) is 35.5 Å². The molecule has 296 valence electrons. The Bertz CT molecular complexity index is 811. The second kappa shape index (κ2) is 27.9. The highest BCUT2D eigenvalue weighted by Gasteiger charge is 2.26. The van der Waals surface area contributed by atoms with Gasteiger partial charge in [0.2, 0.25) is 0 Å². The smallest absolute Gasteiger partial charge is 0.0466 e. The largest absolute Gasteiger partial charge is 0.381 e. The van der Waals surface area contributed by atoms with Crippen molar-refractivity contribution >= 4 is 0 Å². The molecule has 2 atom stereocenters. The van der Waals surface area contributed by atoms with Gasteiger partial charge in [-0.1, -0.05) is 178 Å². The first-order valence-corrected chi connectivity index (χ1v) is 24.1. The first kappa shape index (κ1) is 43.2. The summed E-state index contributed by atoms with van der Waals surface area (Å²) in [5.41, 5.74) is 3.56. The predicted molar refractivity (Wildman–Crippen MR) is 225 cm³/mol. The van der Waals surface area contributed by atoms with Gasteiger partial charge >= 0.3 is 0 Å². The third-order valence-electron chi connectivity index (χ3n) is 14.5. The standard InChI is InChI=1S/C50H90O/c1-3-5-7-9-13-19-43-23-31-47(32-24-43)41-49-35-27-45(28-36-49)21-15-11-17-39-51-40-18-12-16-22-46-29-37-50(38-30-46)42-48-33-25-44(26-34-48)20-14-10-8-6-4-2/h27,29,43-44,47-50H,3-26,28,30-42H2,1-2H3. The summed E-state index contributed by atoms with van der Waals surface area (Å²) in [5.74, 6) is 6.19. The summed E-state index contributed by atoms with van der Waals surface area (Å²) in [6.45, 7) is 6.62. The number of unbranched alkanes of at least 4 members (excludes halogenated alkanes) is 12. The van der Waals surface area contributed by atoms with E-state index in [1.165, 1.54) is 231 Å². The molecule has 51 heavy (non-hydrogen) atoms. The number of allylic oxidation sites excluding steroid dienone is 4. The quantitative estimate of drug-likeness (QED) is 0.0581. The fraction of sp³-hybridized carbons (Fsp3) is 0.920. The molecule has 0 N–H and O–H groups in total. The average molecular weight is 707 g/mol. The SMILES string of the molecule is CCCCCCCC1CCC(CC2CC=C(CCCCCOCCCCCC3=CCC(CC4CCC(CCCCCCC)CC4)CC3)CC2)CC1. The maximum atomic E-state index is 6.04. The summed E-state index contributed by atoms with van der Waals surface area (Å²) < 4.78 is 6.04. The van der Waals surface area contributed by atoms with E-state index in [4.69, 9.17) is 4.74 Å². The van der Waals surface area contributed by atoms with Gasteiger partial charge in [-0.15, -0.1) is 0 Å². The van der Waals surface area contributed by atoms with Crippen LogP contribution in [-0.4, -0.2) is 13.2 Å². The van der Waals surface area contributed by atoms with Crippen LogP contribution >= 0.6 is 0 Å². The van der Waals surface area contributed by atoms with E-state index in [1.54, 1.807) is 11.1 Å². The summed E-state index contributed by atoms with van der Waals surface area (Å²) in [6.07, 6.45) is 57.4. The molecule has 2 saturated carbocycles. The van der Waals surface area contributed by atoms with Crippen molar-refractivity contribution in [2.45, 2.75) is 245 Å². The molecule has 0 aromatic carbocycles. The Balaban J connectivity index is 0.889. The van der Waals surface area contributed by atoms with Gasteiger partial charge in [0, 0.05) is 13.2 Å². The fourth-order valence-electron chi connectivity index (χ4n) is 10.9. The predicted octanol–water partition coefficient (Wildman–Crippen LogP) is 16.7. The molecular weight excluding hydrogens is 617 g/mol. The van der Waals surface area contributed by atoms with Crippen molar-refractivity contribution in [2.75, 3.05) is 13.2 Å². The van der Waals surface area contributed by atoms with Crippen LogP contribution in [0.4, 0.5) is 0 Å². The Morgan fingerprint density at radius 2 is 0.804 bits per heavy atom. The number of hydrogen-bond acceptors (Lipinski definition) is 1. The van der Waals surface area contributed by atoms with Gasteiger partial charge in [0.15, 0.2) is 0 Å². The first-order chi connectivity index (χ1) is 25.2. The van der Waals surface area contributed by atoms with Crippen molar-refractivity contribution in [1.29, 1.82) is 0 Å². The lowest BCUT2D eigenvalue weighted by molar-refractivity contribution is 0.126. The van der Waals surface area contributed by atoms with Crippen LogP contribution in [0, 0.1) is 35.5 Å². The molecule has 0 aromatic heterocycles. The second-order valence-electron chi connectivity index (χ2n) is 18.9. The van der Waals surface area contributed by atoms with E-state index in [1.807, 2.05) is 0 Å². The van der Waals surface area contributed by atoms with Crippen LogP contribution in [-0.2, 0) is 4.74 Å². The number of rotatable bonds is 28. The van der Waals surface area contributed by atoms with E-state index in [2.05, 4.69) is 26.0 Å². The maximum absolute atomic E-state index is 6.04. The Hall–Kier alpha value is -0.560. The van der Waals surface area contributed by atoms with Gasteiger partial charge in [0.05, 0.1) is 0 Å². The lowest BCUT2D eigenvalue weighted by atomic mass is 9.74. The van der Waals surface area contributed by atoms with E-state index in [-0.39, 0.29) is 0 Å². The molecule has 0 spiro atoms. The second-order valence-corrected chi connectivity index (χ2v) is 18.9. The third-order valence-corrected chi connectivity index (χ3v) is 14.5. The molecule has 4 aliphatic rings. The topological polar surface area (TPSA) is 9.23 Å². The highest BCUT2D eigenvalue weighted by atomic mass is 16.5. The van der Waals surface area contributed by atoms with E-state index < -0.39 is 0 Å². The van der Waals surface area contributed by atoms with E-state index in [0.29, 0.717) is 0 Å². The minimum absolute atomic E-state index is 0.982. The summed E-state index contributed by atoms with van der Waals surface area (Å²) in [6, 6.07) is 0. The van der Waals surface area contributed by atoms with Crippen LogP contribution in [0.1, 0.15) is 245 Å². The number of hydrogen-bond donors (Lipinski definition) is 0. The van der Waals surface area contributed by atoms with Crippen LogP contribution in [0.3, 0.4) is 0 Å². The molecule has 4 aliphatic carbocycles. The molecule has 1 heteroatoms. The van der Waals surface area contributed by atoms with Crippen molar-refractivity contribution in [3.63, 3.8) is 0 Å². The molecule has 0 heterocycles. The lowest BCUT2D eigenvalue weighted by Crippen LogP contribution is -2.18. The summed E-state index contributed by atoms with van der Waals surface area (Å²) in [5, 5.41) is 0. The van der Waals surface area contributed by atoms with Crippen LogP contribution in [0.5, 0.6) is 0 Å². The Labute approximate surface area is 320 Å². The Morgan fingerprint density at radius 3 is 1.20 bits per heavy atom. The molecule has 0 saturated heterocycles. The van der Waals surface area contributed by atoms with E-state index in [9.17, 15) is 0 Å². The van der Waals surface area contributed by atoms with Crippen molar-refractivity contribution < 1.29 is 4.74 Å². The molecule has 0 aliphatic heterocycles. The summed E-state index contributed by atoms with van der Waals surface area (Å²) in [4.78, 5) is 0. The highest BCUT2D eigenvalue weighted by molar-refractivity contribution is 5.07. The van der Waals surface area contributed by atoms with Crippen LogP contribution in [0.15, 0.2) is 23.3 Å². The molecule has 0 amide bonds. The van der Waals surface area contributed by atoms with Gasteiger partial charge in [-0.25, -0.2) is 0 Å². The minimum Gasteiger partial charge on any atom is -0.381 e. The molecule has 0 bridgehead atoms. The van der Waals surface area contributed by atoms with Crippen LogP contribution < -0.4 is 0 Å². The summed E-state index contributed by atoms with van der Waals surface area (Å²) >= 11 is 0. The normalized spacial score (nSPS) is 27.3. The molecule has 2 fully saturated rings. The fourth-order valence-corrected chi connectivity index (χ4v) is 10.9. The lowest BCUT2D eigenvalue weighted by Gasteiger charge is -2.32. The van der Waals surface area contributed by atoms with Crippen LogP contribution in [0.25, 0.3) is 0 Å². The van der Waals surface area contributed by atoms with Gasteiger partial charge in [0.25, 0.3) is 0 Å². The van der Waals surface area contributed by atoms with E-state index in [0.717, 1.165) is 48.7 Å². The summed E-state index contributed by atoms with van der Waals surface area (Å²) in [7, 11) is 0. The molecule has 0 aromatic rings. The molecule has 4 rings (SSSR count). The van der Waals surface area contributed by atoms with Gasteiger partial charge in [-0.05, 0) is 125 Å². The number of ether oxygens (including phenoxy) is 1. The first-order valence-electron chi connectivity index (χ1n) is 24.1. The van der Waals surface area contributed by atoms with Crippen molar-refractivity contribution in [1.82, 2.24) is 0 Å². The Kier molecular flexibility index (Phi) is 23.6. The molecule has 2 unspecified atom stereocenters. The average Bonchev–Trinajstić information content (AvgIpc) is 3.16. The zero-order valence-electron chi connectivity index (χ0n) is 34.9. The Morgan fingerprint density at radius 1 is 0.412 bits per heavy atom. The van der Waals surface area contributed by atoms with Gasteiger partial charge in [0.1, 0.15) is 0 Å². The maximum Gasteiger partial charge on any atom is 0.0466 e.